The summed E-state index contributed by atoms with van der Waals surface area (Å²) in [5, 5.41) is 17.3. The van der Waals surface area contributed by atoms with Gasteiger partial charge in [0.1, 0.15) is 5.75 Å². The number of hydrogen-bond donors (Lipinski definition) is 3. The van der Waals surface area contributed by atoms with E-state index in [1.807, 2.05) is 0 Å². The summed E-state index contributed by atoms with van der Waals surface area (Å²) in [5.41, 5.74) is -0.386. The predicted octanol–water partition coefficient (Wildman–Crippen LogP) is 0.0192. The van der Waals surface area contributed by atoms with Crippen LogP contribution >= 0.6 is 0 Å². The summed E-state index contributed by atoms with van der Waals surface area (Å²) < 4.78 is 48.9. The Bertz CT molecular complexity index is 783. The number of anilines is 1. The molecule has 1 fully saturated rings. The molecular weight excluding hydrogens is 322 g/mol. The van der Waals surface area contributed by atoms with Crippen LogP contribution in [0, 0.1) is 0 Å². The summed E-state index contributed by atoms with van der Waals surface area (Å²) in [7, 11) is -7.33. The first kappa shape index (κ1) is 15.6. The fraction of sp³-hybridized carbons (Fsp3) is 0.364. The number of phenols is 1. The first-order valence-corrected chi connectivity index (χ1v) is 9.26. The number of aromatic hydroxyl groups is 1. The first-order valence-electron chi connectivity index (χ1n) is 5.89. The van der Waals surface area contributed by atoms with E-state index in [0.29, 0.717) is 0 Å². The molecule has 10 heteroatoms. The van der Waals surface area contributed by atoms with Crippen molar-refractivity contribution >= 4 is 31.5 Å². The van der Waals surface area contributed by atoms with E-state index in [4.69, 9.17) is 5.11 Å². The summed E-state index contributed by atoms with van der Waals surface area (Å²) in [4.78, 5) is 10.7. The van der Waals surface area contributed by atoms with Gasteiger partial charge in [0.15, 0.2) is 9.84 Å². The minimum Gasteiger partial charge on any atom is -0.506 e. The highest BCUT2D eigenvalue weighted by molar-refractivity contribution is 7.97. The third-order valence-corrected chi connectivity index (χ3v) is 6.89. The van der Waals surface area contributed by atoms with Crippen LogP contribution in [-0.4, -0.2) is 49.8 Å². The maximum Gasteiger partial charge on any atom is 0.335 e. The molecule has 8 nitrogen and oxygen atoms in total. The number of carbonyl (C=O) groups is 1. The van der Waals surface area contributed by atoms with Crippen molar-refractivity contribution in [3.05, 3.63) is 23.8 Å². The number of benzene rings is 1. The van der Waals surface area contributed by atoms with Crippen LogP contribution in [0.3, 0.4) is 0 Å². The number of carboxylic acid groups (broad SMARTS) is 1. The highest BCUT2D eigenvalue weighted by atomic mass is 32.2. The molecule has 0 aromatic heterocycles. The van der Waals surface area contributed by atoms with Gasteiger partial charge in [0.25, 0.3) is 0 Å². The molecular formula is C11H13NO7S2. The van der Waals surface area contributed by atoms with E-state index in [0.717, 1.165) is 18.2 Å². The monoisotopic (exact) mass is 335 g/mol. The van der Waals surface area contributed by atoms with E-state index in [1.165, 1.54) is 0 Å². The van der Waals surface area contributed by atoms with Crippen molar-refractivity contribution in [3.8, 4) is 5.75 Å². The number of hydrogen-bond acceptors (Lipinski definition) is 6. The van der Waals surface area contributed by atoms with Crippen molar-refractivity contribution < 1.29 is 31.8 Å². The number of sulfonamides is 1. The molecule has 3 N–H and O–H groups in total. The smallest absolute Gasteiger partial charge is 0.335 e. The fourth-order valence-electron chi connectivity index (χ4n) is 1.99. The summed E-state index contributed by atoms with van der Waals surface area (Å²) in [6.45, 7) is 0. The van der Waals surface area contributed by atoms with Crippen LogP contribution in [0.5, 0.6) is 5.75 Å². The van der Waals surface area contributed by atoms with Gasteiger partial charge in [0, 0.05) is 0 Å². The second kappa shape index (κ2) is 5.19. The zero-order valence-corrected chi connectivity index (χ0v) is 12.3. The van der Waals surface area contributed by atoms with Crippen LogP contribution in [0.25, 0.3) is 0 Å². The summed E-state index contributed by atoms with van der Waals surface area (Å²) >= 11 is 0. The van der Waals surface area contributed by atoms with Gasteiger partial charge in [-0.3, -0.25) is 4.72 Å². The van der Waals surface area contributed by atoms with Crippen LogP contribution in [0.4, 0.5) is 5.69 Å². The Kier molecular flexibility index (Phi) is 3.85. The van der Waals surface area contributed by atoms with Gasteiger partial charge in [0.05, 0.1) is 28.0 Å². The van der Waals surface area contributed by atoms with Crippen molar-refractivity contribution in [2.45, 2.75) is 11.7 Å². The minimum absolute atomic E-state index is 0.00830. The molecule has 1 unspecified atom stereocenters. The molecule has 1 atom stereocenters. The van der Waals surface area contributed by atoms with Gasteiger partial charge in [-0.05, 0) is 24.6 Å². The molecule has 0 radical (unpaired) electrons. The van der Waals surface area contributed by atoms with E-state index >= 15 is 0 Å². The Hall–Kier alpha value is -1.81. The molecule has 0 aliphatic carbocycles. The lowest BCUT2D eigenvalue weighted by molar-refractivity contribution is 0.0696. The molecule has 21 heavy (non-hydrogen) atoms. The van der Waals surface area contributed by atoms with Crippen LogP contribution in [0.15, 0.2) is 18.2 Å². The molecule has 1 aromatic rings. The Morgan fingerprint density at radius 2 is 2.00 bits per heavy atom. The Balaban J connectivity index is 2.23. The molecule has 1 aliphatic heterocycles. The maximum atomic E-state index is 12.1. The Labute approximate surface area is 121 Å². The molecule has 2 rings (SSSR count). The second-order valence-electron chi connectivity index (χ2n) is 4.71. The normalized spacial score (nSPS) is 21.0. The fourth-order valence-corrected chi connectivity index (χ4v) is 6.10. The van der Waals surface area contributed by atoms with Crippen LogP contribution in [-0.2, 0) is 19.9 Å². The van der Waals surface area contributed by atoms with Gasteiger partial charge >= 0.3 is 5.97 Å². The summed E-state index contributed by atoms with van der Waals surface area (Å²) in [6.07, 6.45) is -0.00830. The zero-order chi connectivity index (χ0) is 15.8. The van der Waals surface area contributed by atoms with Gasteiger partial charge in [-0.25, -0.2) is 21.6 Å². The molecule has 0 amide bonds. The summed E-state index contributed by atoms with van der Waals surface area (Å²) in [6, 6.07) is 3.15. The number of carboxylic acids is 1. The zero-order valence-electron chi connectivity index (χ0n) is 10.7. The Morgan fingerprint density at radius 3 is 2.48 bits per heavy atom. The van der Waals surface area contributed by atoms with Gasteiger partial charge < -0.3 is 10.2 Å². The van der Waals surface area contributed by atoms with E-state index in [1.54, 1.807) is 0 Å². The third kappa shape index (κ3) is 3.45. The number of sulfone groups is 1. The molecule has 0 saturated carbocycles. The average Bonchev–Trinajstić information content (AvgIpc) is 2.72. The van der Waals surface area contributed by atoms with Gasteiger partial charge in [-0.1, -0.05) is 0 Å². The van der Waals surface area contributed by atoms with Crippen LogP contribution < -0.4 is 4.72 Å². The first-order chi connectivity index (χ1) is 9.61. The topological polar surface area (TPSA) is 138 Å². The standard InChI is InChI=1S/C11H13NO7S2/c13-10-5-7(11(14)15)1-2-9(10)12-21(18,19)8-3-4-20(16,17)6-8/h1-2,5,8,12-13H,3-4,6H2,(H,14,15). The lowest BCUT2D eigenvalue weighted by atomic mass is 10.2. The largest absolute Gasteiger partial charge is 0.506 e. The van der Waals surface area contributed by atoms with E-state index in [9.17, 15) is 26.7 Å². The van der Waals surface area contributed by atoms with Crippen LogP contribution in [0.1, 0.15) is 16.8 Å². The van der Waals surface area contributed by atoms with Crippen molar-refractivity contribution in [2.75, 3.05) is 16.2 Å². The van der Waals surface area contributed by atoms with Crippen molar-refractivity contribution in [1.29, 1.82) is 0 Å². The lowest BCUT2D eigenvalue weighted by Crippen LogP contribution is -2.28. The molecule has 0 bridgehead atoms. The summed E-state index contributed by atoms with van der Waals surface area (Å²) in [5.74, 6) is -2.46. The van der Waals surface area contributed by atoms with Crippen LogP contribution in [0.2, 0.25) is 0 Å². The third-order valence-electron chi connectivity index (χ3n) is 3.13. The molecule has 1 heterocycles. The van der Waals surface area contributed by atoms with Gasteiger partial charge in [0.2, 0.25) is 10.0 Å². The number of aromatic carboxylic acids is 1. The quantitative estimate of drug-likeness (QED) is 0.659. The van der Waals surface area contributed by atoms with E-state index in [2.05, 4.69) is 4.72 Å². The lowest BCUT2D eigenvalue weighted by Gasteiger charge is -2.13. The molecule has 0 spiro atoms. The highest BCUT2D eigenvalue weighted by Crippen LogP contribution is 2.28. The predicted molar refractivity (Wildman–Crippen MR) is 74.7 cm³/mol. The maximum absolute atomic E-state index is 12.1. The molecule has 116 valence electrons. The SMILES string of the molecule is O=C(O)c1ccc(NS(=O)(=O)C2CCS(=O)(=O)C2)c(O)c1. The van der Waals surface area contributed by atoms with Crippen molar-refractivity contribution in [3.63, 3.8) is 0 Å². The second-order valence-corrected chi connectivity index (χ2v) is 8.90. The minimum atomic E-state index is -3.98. The number of nitrogens with one attached hydrogen (secondary N) is 1. The van der Waals surface area contributed by atoms with Gasteiger partial charge in [-0.2, -0.15) is 0 Å². The van der Waals surface area contributed by atoms with E-state index < -0.39 is 42.6 Å². The highest BCUT2D eigenvalue weighted by Gasteiger charge is 2.37. The average molecular weight is 335 g/mol. The van der Waals surface area contributed by atoms with E-state index in [-0.39, 0.29) is 23.4 Å². The van der Waals surface area contributed by atoms with Crippen molar-refractivity contribution in [1.82, 2.24) is 0 Å². The number of rotatable bonds is 4. The van der Waals surface area contributed by atoms with Gasteiger partial charge in [-0.15, -0.1) is 0 Å². The molecule has 1 saturated heterocycles. The Morgan fingerprint density at radius 1 is 1.33 bits per heavy atom. The molecule has 1 aliphatic rings. The molecule has 1 aromatic carbocycles. The number of phenolic OH excluding ortho intramolecular Hbond substituents is 1. The van der Waals surface area contributed by atoms with Crippen molar-refractivity contribution in [2.24, 2.45) is 0 Å².